The van der Waals surface area contributed by atoms with Gasteiger partial charge in [0.2, 0.25) is 11.8 Å². The van der Waals surface area contributed by atoms with Gasteiger partial charge in [0.1, 0.15) is 30.9 Å². The van der Waals surface area contributed by atoms with Crippen LogP contribution in [0.3, 0.4) is 0 Å². The third-order valence-electron chi connectivity index (χ3n) is 9.49. The molecule has 1 saturated carbocycles. The lowest BCUT2D eigenvalue weighted by Gasteiger charge is -2.41. The van der Waals surface area contributed by atoms with Gasteiger partial charge in [-0.2, -0.15) is 0 Å². The van der Waals surface area contributed by atoms with Crippen LogP contribution in [0, 0.1) is 27.1 Å². The number of aliphatic hydroxyl groups excluding tert-OH is 2. The standard InChI is InChI=1S/C37H48FIN2O8/c1-22(2)28-9-8-23(3)14-31(28)48-21-34(44)41(12-10-24-6-5-7-27(38)15-24)30-18-26(37(46)40-11-13-42)19-32(35(30)45)49-36-29(39)16-25(20-43)17-33(36)47-4/h5-7,15-17,19-20,22-23,28,30-32,35,42,45H,8-14,18,21H2,1-4H3,(H,40,46). The average molecular weight is 795 g/mol. The minimum atomic E-state index is -1.30. The smallest absolute Gasteiger partial charge is 0.248 e. The number of nitrogens with zero attached hydrogens (tertiary/aromatic N) is 1. The summed E-state index contributed by atoms with van der Waals surface area (Å²) < 4.78 is 32.8. The molecule has 2 aromatic carbocycles. The number of benzene rings is 2. The molecule has 6 unspecified atom stereocenters. The Hall–Kier alpha value is -3.07. The predicted octanol–water partition coefficient (Wildman–Crippen LogP) is 4.72. The minimum Gasteiger partial charge on any atom is -0.493 e. The number of nitrogens with one attached hydrogen (secondary N) is 1. The van der Waals surface area contributed by atoms with Crippen molar-refractivity contribution < 1.29 is 43.2 Å². The number of hydrogen-bond acceptors (Lipinski definition) is 8. The summed E-state index contributed by atoms with van der Waals surface area (Å²) in [7, 11) is 1.43. The Morgan fingerprint density at radius 2 is 1.98 bits per heavy atom. The van der Waals surface area contributed by atoms with Gasteiger partial charge in [0.25, 0.3) is 0 Å². The van der Waals surface area contributed by atoms with Crippen molar-refractivity contribution in [2.24, 2.45) is 17.8 Å². The van der Waals surface area contributed by atoms with Gasteiger partial charge in [-0.05, 0) is 95.5 Å². The summed E-state index contributed by atoms with van der Waals surface area (Å²) in [6.07, 6.45) is 2.99. The lowest BCUT2D eigenvalue weighted by molar-refractivity contribution is -0.148. The number of aldehydes is 1. The van der Waals surface area contributed by atoms with Gasteiger partial charge >= 0.3 is 0 Å². The van der Waals surface area contributed by atoms with E-state index in [9.17, 15) is 29.0 Å². The van der Waals surface area contributed by atoms with Gasteiger partial charge in [-0.1, -0.05) is 39.3 Å². The molecule has 12 heteroatoms. The number of carbonyl (C=O) groups is 3. The topological polar surface area (TPSA) is 135 Å². The first-order chi connectivity index (χ1) is 23.4. The first kappa shape index (κ1) is 38.7. The zero-order chi connectivity index (χ0) is 35.7. The number of hydrogen-bond donors (Lipinski definition) is 3. The van der Waals surface area contributed by atoms with Gasteiger partial charge in [-0.25, -0.2) is 4.39 Å². The summed E-state index contributed by atoms with van der Waals surface area (Å²) in [6, 6.07) is 8.34. The molecule has 2 amide bonds. The highest BCUT2D eigenvalue weighted by atomic mass is 127. The Balaban J connectivity index is 1.68. The molecule has 0 aromatic heterocycles. The molecule has 49 heavy (non-hydrogen) atoms. The number of carbonyl (C=O) groups excluding carboxylic acids is 3. The first-order valence-electron chi connectivity index (χ1n) is 16.9. The summed E-state index contributed by atoms with van der Waals surface area (Å²) in [5, 5.41) is 23.9. The summed E-state index contributed by atoms with van der Waals surface area (Å²) in [5.41, 5.74) is 1.30. The molecule has 6 atom stereocenters. The van der Waals surface area contributed by atoms with E-state index in [1.165, 1.54) is 36.3 Å². The predicted molar refractivity (Wildman–Crippen MR) is 191 cm³/mol. The number of amides is 2. The molecule has 3 N–H and O–H groups in total. The molecular weight excluding hydrogens is 746 g/mol. The van der Waals surface area contributed by atoms with Crippen molar-refractivity contribution in [2.75, 3.05) is 33.4 Å². The van der Waals surface area contributed by atoms with Crippen molar-refractivity contribution in [1.82, 2.24) is 10.2 Å². The second-order valence-corrected chi connectivity index (χ2v) is 14.5. The first-order valence-corrected chi connectivity index (χ1v) is 18.0. The van der Waals surface area contributed by atoms with Crippen LogP contribution < -0.4 is 14.8 Å². The van der Waals surface area contributed by atoms with E-state index in [-0.39, 0.29) is 61.8 Å². The van der Waals surface area contributed by atoms with Crippen molar-refractivity contribution in [3.8, 4) is 11.5 Å². The second kappa shape index (κ2) is 18.2. The molecule has 2 aromatic rings. The zero-order valence-electron chi connectivity index (χ0n) is 28.6. The highest BCUT2D eigenvalue weighted by Gasteiger charge is 2.41. The Labute approximate surface area is 301 Å². The lowest BCUT2D eigenvalue weighted by Crippen LogP contribution is -2.56. The normalized spacial score (nSPS) is 23.8. The molecular formula is C37H48FIN2O8. The maximum absolute atomic E-state index is 14.2. The largest absolute Gasteiger partial charge is 0.493 e. The molecule has 1 fully saturated rings. The maximum Gasteiger partial charge on any atom is 0.248 e. The number of methoxy groups -OCH3 is 1. The Kier molecular flexibility index (Phi) is 14.4. The molecule has 2 aliphatic carbocycles. The Bertz CT molecular complexity index is 1490. The van der Waals surface area contributed by atoms with Crippen LogP contribution in [0.2, 0.25) is 0 Å². The van der Waals surface area contributed by atoms with Crippen molar-refractivity contribution in [3.63, 3.8) is 0 Å². The average Bonchev–Trinajstić information content (AvgIpc) is 3.08. The molecule has 0 heterocycles. The highest BCUT2D eigenvalue weighted by Crippen LogP contribution is 2.38. The van der Waals surface area contributed by atoms with Crippen LogP contribution in [-0.2, 0) is 20.7 Å². The van der Waals surface area contributed by atoms with Gasteiger partial charge in [0, 0.05) is 30.6 Å². The summed E-state index contributed by atoms with van der Waals surface area (Å²) >= 11 is 2.00. The van der Waals surface area contributed by atoms with Crippen LogP contribution in [0.15, 0.2) is 48.0 Å². The van der Waals surface area contributed by atoms with Gasteiger partial charge in [-0.3, -0.25) is 14.4 Å². The maximum atomic E-state index is 14.2. The highest BCUT2D eigenvalue weighted by molar-refractivity contribution is 14.1. The Morgan fingerprint density at radius 1 is 1.20 bits per heavy atom. The molecule has 0 bridgehead atoms. The SMILES string of the molecule is COc1cc(C=O)cc(I)c1OC1C=C(C(=O)NCCO)CC(N(CCc2cccc(F)c2)C(=O)COC2CC(C)CCC2C(C)C)C1O. The zero-order valence-corrected chi connectivity index (χ0v) is 30.7. The van der Waals surface area contributed by atoms with Gasteiger partial charge in [0.05, 0.1) is 29.4 Å². The summed E-state index contributed by atoms with van der Waals surface area (Å²) in [5.74, 6) is 0.472. The van der Waals surface area contributed by atoms with Gasteiger partial charge < -0.3 is 34.6 Å². The molecule has 10 nitrogen and oxygen atoms in total. The van der Waals surface area contributed by atoms with E-state index >= 15 is 0 Å². The van der Waals surface area contributed by atoms with E-state index in [4.69, 9.17) is 14.2 Å². The lowest BCUT2D eigenvalue weighted by atomic mass is 9.75. The minimum absolute atomic E-state index is 0.000563. The monoisotopic (exact) mass is 794 g/mol. The van der Waals surface area contributed by atoms with Crippen LogP contribution in [0.25, 0.3) is 0 Å². The fraction of sp³-hybridized carbons (Fsp3) is 0.541. The third kappa shape index (κ3) is 10.2. The molecule has 4 rings (SSSR count). The Morgan fingerprint density at radius 3 is 2.65 bits per heavy atom. The summed E-state index contributed by atoms with van der Waals surface area (Å²) in [4.78, 5) is 40.5. The van der Waals surface area contributed by atoms with Crippen molar-refractivity contribution in [2.45, 2.75) is 77.2 Å². The van der Waals surface area contributed by atoms with Gasteiger partial charge in [-0.15, -0.1) is 0 Å². The molecule has 0 radical (unpaired) electrons. The number of aliphatic hydroxyl groups is 2. The molecule has 2 aliphatic rings. The molecule has 0 saturated heterocycles. The third-order valence-corrected chi connectivity index (χ3v) is 10.3. The van der Waals surface area contributed by atoms with Gasteiger partial charge in [0.15, 0.2) is 11.5 Å². The van der Waals surface area contributed by atoms with E-state index in [0.29, 0.717) is 45.2 Å². The van der Waals surface area contributed by atoms with E-state index in [1.807, 2.05) is 22.6 Å². The van der Waals surface area contributed by atoms with Crippen LogP contribution in [-0.4, -0.2) is 91.0 Å². The van der Waals surface area contributed by atoms with Crippen molar-refractivity contribution >= 4 is 40.7 Å². The quantitative estimate of drug-likeness (QED) is 0.175. The fourth-order valence-electron chi connectivity index (χ4n) is 6.82. The molecule has 268 valence electrons. The van der Waals surface area contributed by atoms with Crippen LogP contribution >= 0.6 is 22.6 Å². The summed E-state index contributed by atoms with van der Waals surface area (Å²) in [6.45, 7) is 6.18. The van der Waals surface area contributed by atoms with E-state index in [2.05, 4.69) is 26.1 Å². The number of halogens is 2. The molecule has 0 aliphatic heterocycles. The van der Waals surface area contributed by atoms with E-state index in [1.54, 1.807) is 18.2 Å². The van der Waals surface area contributed by atoms with Crippen LogP contribution in [0.1, 0.15) is 62.4 Å². The van der Waals surface area contributed by atoms with Crippen LogP contribution in [0.5, 0.6) is 11.5 Å². The fourth-order valence-corrected chi connectivity index (χ4v) is 7.58. The number of rotatable bonds is 15. The second-order valence-electron chi connectivity index (χ2n) is 13.3. The van der Waals surface area contributed by atoms with Crippen LogP contribution in [0.4, 0.5) is 4.39 Å². The van der Waals surface area contributed by atoms with E-state index < -0.39 is 30.0 Å². The van der Waals surface area contributed by atoms with Crippen molar-refractivity contribution in [3.05, 3.63) is 68.6 Å². The molecule has 0 spiro atoms. The van der Waals surface area contributed by atoms with Crippen molar-refractivity contribution in [1.29, 1.82) is 0 Å². The number of ether oxygens (including phenoxy) is 3. The van der Waals surface area contributed by atoms with E-state index in [0.717, 1.165) is 19.3 Å².